The van der Waals surface area contributed by atoms with Gasteiger partial charge in [0.25, 0.3) is 0 Å². The van der Waals surface area contributed by atoms with Gasteiger partial charge >= 0.3 is 0 Å². The lowest BCUT2D eigenvalue weighted by Crippen LogP contribution is -2.53. The first-order chi connectivity index (χ1) is 12.8. The molecule has 6 heteroatoms. The Morgan fingerprint density at radius 1 is 1.12 bits per heavy atom. The number of hydrogen-bond donors (Lipinski definition) is 1. The maximum absolute atomic E-state index is 5.42. The van der Waals surface area contributed by atoms with Gasteiger partial charge in [0.05, 0.1) is 13.2 Å². The summed E-state index contributed by atoms with van der Waals surface area (Å²) >= 11 is 2.23. The molecule has 0 aromatic heterocycles. The van der Waals surface area contributed by atoms with Crippen molar-refractivity contribution in [1.29, 1.82) is 0 Å². The number of morpholine rings is 1. The van der Waals surface area contributed by atoms with Crippen molar-refractivity contribution in [2.75, 3.05) is 64.8 Å². The van der Waals surface area contributed by atoms with Gasteiger partial charge in [-0.3, -0.25) is 9.89 Å². The van der Waals surface area contributed by atoms with Crippen LogP contribution in [0, 0.1) is 0 Å². The third-order valence-corrected chi connectivity index (χ3v) is 7.43. The quantitative estimate of drug-likeness (QED) is 0.435. The molecule has 0 unspecified atom stereocenters. The fourth-order valence-corrected chi connectivity index (χ4v) is 5.98. The topological polar surface area (TPSA) is 40.1 Å². The fraction of sp³-hybridized carbons (Fsp3) is 0.950. The van der Waals surface area contributed by atoms with Crippen molar-refractivity contribution in [3.05, 3.63) is 0 Å². The zero-order valence-electron chi connectivity index (χ0n) is 16.7. The Morgan fingerprint density at radius 3 is 2.69 bits per heavy atom. The van der Waals surface area contributed by atoms with E-state index in [9.17, 15) is 0 Å². The molecular formula is C20H38N4OS. The Kier molecular flexibility index (Phi) is 8.40. The zero-order chi connectivity index (χ0) is 18.1. The molecule has 1 spiro atoms. The maximum atomic E-state index is 5.42. The van der Waals surface area contributed by atoms with Gasteiger partial charge in [0.1, 0.15) is 0 Å². The molecule has 2 heterocycles. The highest BCUT2D eigenvalue weighted by molar-refractivity contribution is 8.00. The van der Waals surface area contributed by atoms with Gasteiger partial charge in [0.2, 0.25) is 0 Å². The Morgan fingerprint density at radius 2 is 1.92 bits per heavy atom. The van der Waals surface area contributed by atoms with Crippen molar-refractivity contribution < 1.29 is 4.74 Å². The highest BCUT2D eigenvalue weighted by atomic mass is 32.2. The second-order valence-electron chi connectivity index (χ2n) is 7.91. The highest BCUT2D eigenvalue weighted by Crippen LogP contribution is 2.42. The molecule has 0 aromatic rings. The fourth-order valence-electron chi connectivity index (χ4n) is 4.41. The number of hydrogen-bond acceptors (Lipinski definition) is 4. The molecule has 5 nitrogen and oxygen atoms in total. The van der Waals surface area contributed by atoms with Crippen LogP contribution in [0.3, 0.4) is 0 Å². The summed E-state index contributed by atoms with van der Waals surface area (Å²) in [6.07, 6.45) is 9.47. The van der Waals surface area contributed by atoms with Crippen molar-refractivity contribution in [2.45, 2.75) is 56.6 Å². The predicted octanol–water partition coefficient (Wildman–Crippen LogP) is 2.82. The Bertz CT molecular complexity index is 428. The maximum Gasteiger partial charge on any atom is 0.193 e. The molecule has 0 bridgehead atoms. The second-order valence-corrected chi connectivity index (χ2v) is 9.47. The van der Waals surface area contributed by atoms with Crippen molar-refractivity contribution in [3.8, 4) is 0 Å². The smallest absolute Gasteiger partial charge is 0.193 e. The van der Waals surface area contributed by atoms with E-state index in [1.54, 1.807) is 0 Å². The standard InChI is InChI=1S/C20H38N4OS/c1-2-21-19(22-10-6-7-11-23-12-15-25-16-13-23)24-14-17-26-20(18-24)8-4-3-5-9-20/h2-18H2,1H3,(H,21,22). The molecule has 0 aromatic carbocycles. The zero-order valence-corrected chi connectivity index (χ0v) is 17.5. The summed E-state index contributed by atoms with van der Waals surface area (Å²) in [5.41, 5.74) is 0. The summed E-state index contributed by atoms with van der Waals surface area (Å²) in [6, 6.07) is 0. The minimum absolute atomic E-state index is 0.503. The van der Waals surface area contributed by atoms with E-state index in [-0.39, 0.29) is 0 Å². The number of rotatable bonds is 6. The van der Waals surface area contributed by atoms with Gasteiger partial charge in [-0.1, -0.05) is 19.3 Å². The normalized spacial score (nSPS) is 24.8. The summed E-state index contributed by atoms with van der Waals surface area (Å²) < 4.78 is 5.92. The predicted molar refractivity (Wildman–Crippen MR) is 112 cm³/mol. The lowest BCUT2D eigenvalue weighted by Gasteiger charge is -2.45. The Balaban J connectivity index is 1.45. The molecule has 0 radical (unpaired) electrons. The number of ether oxygens (including phenoxy) is 1. The van der Waals surface area contributed by atoms with E-state index >= 15 is 0 Å². The minimum atomic E-state index is 0.503. The number of nitrogens with zero attached hydrogens (tertiary/aromatic N) is 3. The van der Waals surface area contributed by atoms with Crippen LogP contribution in [0.25, 0.3) is 0 Å². The van der Waals surface area contributed by atoms with Crippen LogP contribution < -0.4 is 5.32 Å². The Labute approximate surface area is 164 Å². The molecule has 3 rings (SSSR count). The van der Waals surface area contributed by atoms with Gasteiger partial charge in [-0.25, -0.2) is 0 Å². The first kappa shape index (κ1) is 20.3. The average Bonchev–Trinajstić information content (AvgIpc) is 2.68. The van der Waals surface area contributed by atoms with Gasteiger partial charge in [-0.05, 0) is 39.2 Å². The van der Waals surface area contributed by atoms with Crippen LogP contribution >= 0.6 is 11.8 Å². The Hall–Kier alpha value is -0.460. The van der Waals surface area contributed by atoms with Crippen LogP contribution in [0.2, 0.25) is 0 Å². The number of unbranched alkanes of at least 4 members (excludes halogenated alkanes) is 1. The molecular weight excluding hydrogens is 344 g/mol. The number of guanidine groups is 1. The van der Waals surface area contributed by atoms with Gasteiger partial charge < -0.3 is 15.0 Å². The van der Waals surface area contributed by atoms with Crippen molar-refractivity contribution in [3.63, 3.8) is 0 Å². The average molecular weight is 383 g/mol. The summed E-state index contributed by atoms with van der Waals surface area (Å²) in [5, 5.41) is 3.55. The van der Waals surface area contributed by atoms with Gasteiger partial charge in [0, 0.05) is 49.8 Å². The SMILES string of the molecule is CCNC(=NCCCCN1CCOCC1)N1CCSC2(CCCCC2)C1. The molecule has 2 aliphatic heterocycles. The van der Waals surface area contributed by atoms with E-state index in [0.717, 1.165) is 51.9 Å². The van der Waals surface area contributed by atoms with E-state index in [0.29, 0.717) is 4.75 Å². The molecule has 3 aliphatic rings. The lowest BCUT2D eigenvalue weighted by molar-refractivity contribution is 0.0373. The third kappa shape index (κ3) is 6.03. The largest absolute Gasteiger partial charge is 0.379 e. The highest BCUT2D eigenvalue weighted by Gasteiger charge is 2.38. The van der Waals surface area contributed by atoms with E-state index in [1.807, 2.05) is 0 Å². The molecule has 0 amide bonds. The van der Waals surface area contributed by atoms with E-state index in [1.165, 1.54) is 63.8 Å². The lowest BCUT2D eigenvalue weighted by atomic mass is 9.87. The summed E-state index contributed by atoms with van der Waals surface area (Å²) in [7, 11) is 0. The van der Waals surface area contributed by atoms with Crippen LogP contribution in [-0.4, -0.2) is 85.3 Å². The molecule has 1 aliphatic carbocycles. The van der Waals surface area contributed by atoms with Crippen molar-refractivity contribution in [1.82, 2.24) is 15.1 Å². The van der Waals surface area contributed by atoms with Gasteiger partial charge in [0.15, 0.2) is 5.96 Å². The first-order valence-electron chi connectivity index (χ1n) is 10.8. The van der Waals surface area contributed by atoms with Crippen LogP contribution in [0.1, 0.15) is 51.9 Å². The van der Waals surface area contributed by atoms with E-state index in [4.69, 9.17) is 9.73 Å². The molecule has 3 fully saturated rings. The van der Waals surface area contributed by atoms with Crippen LogP contribution in [0.4, 0.5) is 0 Å². The van der Waals surface area contributed by atoms with Crippen molar-refractivity contribution >= 4 is 17.7 Å². The number of thioether (sulfide) groups is 1. The van der Waals surface area contributed by atoms with E-state index < -0.39 is 0 Å². The van der Waals surface area contributed by atoms with Crippen LogP contribution in [-0.2, 0) is 4.74 Å². The number of aliphatic imine (C=N–C) groups is 1. The van der Waals surface area contributed by atoms with E-state index in [2.05, 4.69) is 33.8 Å². The summed E-state index contributed by atoms with van der Waals surface area (Å²) in [6.45, 7) is 11.6. The second kappa shape index (κ2) is 10.8. The summed E-state index contributed by atoms with van der Waals surface area (Å²) in [4.78, 5) is 10.0. The first-order valence-corrected chi connectivity index (χ1v) is 11.8. The van der Waals surface area contributed by atoms with Gasteiger partial charge in [-0.15, -0.1) is 0 Å². The van der Waals surface area contributed by atoms with Crippen LogP contribution in [0.15, 0.2) is 4.99 Å². The molecule has 0 atom stereocenters. The van der Waals surface area contributed by atoms with Crippen LogP contribution in [0.5, 0.6) is 0 Å². The molecule has 2 saturated heterocycles. The monoisotopic (exact) mass is 382 g/mol. The minimum Gasteiger partial charge on any atom is -0.379 e. The third-order valence-electron chi connectivity index (χ3n) is 5.90. The molecule has 1 N–H and O–H groups in total. The van der Waals surface area contributed by atoms with Gasteiger partial charge in [-0.2, -0.15) is 11.8 Å². The molecule has 26 heavy (non-hydrogen) atoms. The summed E-state index contributed by atoms with van der Waals surface area (Å²) in [5.74, 6) is 2.41. The van der Waals surface area contributed by atoms with Crippen molar-refractivity contribution in [2.24, 2.45) is 4.99 Å². The number of nitrogens with one attached hydrogen (secondary N) is 1. The molecule has 1 saturated carbocycles. The molecule has 150 valence electrons.